The SMILES string of the molecule is CNS(=O)(=O)c1cccc(Nc2cc(=O)[nH]c(SC)n2)c1. The van der Waals surface area contributed by atoms with Crippen LogP contribution in [0.4, 0.5) is 11.5 Å². The number of thioether (sulfide) groups is 1. The molecule has 0 bridgehead atoms. The van der Waals surface area contributed by atoms with Gasteiger partial charge < -0.3 is 10.3 Å². The second kappa shape index (κ2) is 6.29. The van der Waals surface area contributed by atoms with Gasteiger partial charge in [-0.1, -0.05) is 17.8 Å². The fraction of sp³-hybridized carbons (Fsp3) is 0.167. The van der Waals surface area contributed by atoms with Gasteiger partial charge in [-0.25, -0.2) is 18.1 Å². The van der Waals surface area contributed by atoms with Gasteiger partial charge in [-0.3, -0.25) is 4.79 Å². The van der Waals surface area contributed by atoms with Crippen molar-refractivity contribution >= 4 is 33.3 Å². The summed E-state index contributed by atoms with van der Waals surface area (Å²) < 4.78 is 25.7. The number of anilines is 2. The molecule has 7 nitrogen and oxygen atoms in total. The van der Waals surface area contributed by atoms with E-state index in [1.54, 1.807) is 18.4 Å². The average molecular weight is 326 g/mol. The van der Waals surface area contributed by atoms with Crippen molar-refractivity contribution in [2.75, 3.05) is 18.6 Å². The Labute approximate surface area is 126 Å². The number of hydrogen-bond acceptors (Lipinski definition) is 6. The van der Waals surface area contributed by atoms with Crippen LogP contribution in [0.15, 0.2) is 45.2 Å². The minimum atomic E-state index is -3.52. The van der Waals surface area contributed by atoms with Gasteiger partial charge in [0.15, 0.2) is 5.16 Å². The molecular formula is C12H14N4O3S2. The van der Waals surface area contributed by atoms with Crippen LogP contribution >= 0.6 is 11.8 Å². The van der Waals surface area contributed by atoms with Gasteiger partial charge in [0.2, 0.25) is 10.0 Å². The summed E-state index contributed by atoms with van der Waals surface area (Å²) in [5.74, 6) is 0.349. The summed E-state index contributed by atoms with van der Waals surface area (Å²) >= 11 is 1.31. The summed E-state index contributed by atoms with van der Waals surface area (Å²) in [6.07, 6.45) is 1.79. The lowest BCUT2D eigenvalue weighted by Crippen LogP contribution is -2.18. The molecular weight excluding hydrogens is 312 g/mol. The van der Waals surface area contributed by atoms with E-state index in [1.165, 1.54) is 37.0 Å². The summed E-state index contributed by atoms with van der Waals surface area (Å²) in [6, 6.07) is 7.55. The molecule has 1 heterocycles. The fourth-order valence-corrected chi connectivity index (χ4v) is 2.77. The van der Waals surface area contributed by atoms with E-state index in [9.17, 15) is 13.2 Å². The van der Waals surface area contributed by atoms with E-state index in [2.05, 4.69) is 20.0 Å². The Kier molecular flexibility index (Phi) is 4.66. The molecule has 0 aliphatic heterocycles. The maximum atomic E-state index is 11.7. The number of aromatic nitrogens is 2. The van der Waals surface area contributed by atoms with Crippen LogP contribution < -0.4 is 15.6 Å². The number of benzene rings is 1. The molecule has 0 saturated carbocycles. The van der Waals surface area contributed by atoms with Crippen LogP contribution in [0.2, 0.25) is 0 Å². The zero-order chi connectivity index (χ0) is 15.5. The molecule has 0 atom stereocenters. The Morgan fingerprint density at radius 2 is 2.05 bits per heavy atom. The predicted octanol–water partition coefficient (Wildman–Crippen LogP) is 1.14. The molecule has 2 rings (SSSR count). The van der Waals surface area contributed by atoms with Crippen molar-refractivity contribution in [2.24, 2.45) is 0 Å². The number of nitrogens with one attached hydrogen (secondary N) is 3. The van der Waals surface area contributed by atoms with Gasteiger partial charge in [-0.15, -0.1) is 0 Å². The molecule has 0 amide bonds. The van der Waals surface area contributed by atoms with Gasteiger partial charge in [-0.05, 0) is 31.5 Å². The summed E-state index contributed by atoms with van der Waals surface area (Å²) in [4.78, 5) is 18.4. The quantitative estimate of drug-likeness (QED) is 0.562. The maximum absolute atomic E-state index is 11.7. The highest BCUT2D eigenvalue weighted by atomic mass is 32.2. The third-order valence-electron chi connectivity index (χ3n) is 2.60. The first-order valence-electron chi connectivity index (χ1n) is 5.90. The van der Waals surface area contributed by atoms with Crippen LogP contribution in [0.25, 0.3) is 0 Å². The molecule has 0 fully saturated rings. The zero-order valence-electron chi connectivity index (χ0n) is 11.4. The summed E-state index contributed by atoms with van der Waals surface area (Å²) in [5, 5.41) is 3.40. The largest absolute Gasteiger partial charge is 0.340 e. The van der Waals surface area contributed by atoms with Crippen molar-refractivity contribution in [3.63, 3.8) is 0 Å². The second-order valence-electron chi connectivity index (χ2n) is 4.00. The Balaban J connectivity index is 2.35. The number of nitrogens with zero attached hydrogens (tertiary/aromatic N) is 1. The van der Waals surface area contributed by atoms with Crippen LogP contribution in [0.1, 0.15) is 0 Å². The molecule has 3 N–H and O–H groups in total. The van der Waals surface area contributed by atoms with E-state index in [4.69, 9.17) is 0 Å². The third kappa shape index (κ3) is 3.84. The van der Waals surface area contributed by atoms with Crippen LogP contribution in [-0.4, -0.2) is 31.7 Å². The number of sulfonamides is 1. The van der Waals surface area contributed by atoms with Crippen molar-refractivity contribution in [3.8, 4) is 0 Å². The Morgan fingerprint density at radius 3 is 2.71 bits per heavy atom. The Morgan fingerprint density at radius 1 is 1.29 bits per heavy atom. The van der Waals surface area contributed by atoms with Crippen molar-refractivity contribution in [3.05, 3.63) is 40.7 Å². The lowest BCUT2D eigenvalue weighted by Gasteiger charge is -2.08. The van der Waals surface area contributed by atoms with E-state index < -0.39 is 10.0 Å². The van der Waals surface area contributed by atoms with Crippen molar-refractivity contribution in [1.29, 1.82) is 0 Å². The molecule has 21 heavy (non-hydrogen) atoms. The molecule has 0 spiro atoms. The Hall–Kier alpha value is -1.84. The van der Waals surface area contributed by atoms with E-state index in [0.717, 1.165) is 0 Å². The molecule has 1 aromatic heterocycles. The highest BCUT2D eigenvalue weighted by molar-refractivity contribution is 7.98. The minimum Gasteiger partial charge on any atom is -0.340 e. The smallest absolute Gasteiger partial charge is 0.253 e. The highest BCUT2D eigenvalue weighted by Gasteiger charge is 2.11. The molecule has 9 heteroatoms. The fourth-order valence-electron chi connectivity index (χ4n) is 1.60. The van der Waals surface area contributed by atoms with Crippen molar-refractivity contribution in [2.45, 2.75) is 10.1 Å². The van der Waals surface area contributed by atoms with Crippen molar-refractivity contribution in [1.82, 2.24) is 14.7 Å². The predicted molar refractivity (Wildman–Crippen MR) is 82.6 cm³/mol. The van der Waals surface area contributed by atoms with Gasteiger partial charge in [-0.2, -0.15) is 0 Å². The lowest BCUT2D eigenvalue weighted by atomic mass is 10.3. The highest BCUT2D eigenvalue weighted by Crippen LogP contribution is 2.19. The molecule has 0 radical (unpaired) electrons. The van der Waals surface area contributed by atoms with Crippen LogP contribution in [0.3, 0.4) is 0 Å². The summed E-state index contributed by atoms with van der Waals surface area (Å²) in [5.41, 5.74) is 0.243. The van der Waals surface area contributed by atoms with Crippen LogP contribution in [-0.2, 0) is 10.0 Å². The van der Waals surface area contributed by atoms with Gasteiger partial charge in [0.1, 0.15) is 5.82 Å². The summed E-state index contributed by atoms with van der Waals surface area (Å²) in [6.45, 7) is 0. The average Bonchev–Trinajstić information content (AvgIpc) is 2.47. The second-order valence-corrected chi connectivity index (χ2v) is 6.68. The van der Waals surface area contributed by atoms with Gasteiger partial charge in [0.25, 0.3) is 5.56 Å². The topological polar surface area (TPSA) is 104 Å². The number of aromatic amines is 1. The van der Waals surface area contributed by atoms with E-state index >= 15 is 0 Å². The van der Waals surface area contributed by atoms with E-state index in [0.29, 0.717) is 16.7 Å². The normalized spacial score (nSPS) is 11.3. The Bertz CT molecular complexity index is 802. The van der Waals surface area contributed by atoms with Crippen LogP contribution in [0.5, 0.6) is 0 Å². The summed E-state index contributed by atoms with van der Waals surface area (Å²) in [7, 11) is -2.17. The molecule has 1 aromatic carbocycles. The third-order valence-corrected chi connectivity index (χ3v) is 4.59. The molecule has 112 valence electrons. The van der Waals surface area contributed by atoms with Crippen LogP contribution in [0, 0.1) is 0 Å². The van der Waals surface area contributed by atoms with Gasteiger partial charge in [0.05, 0.1) is 4.90 Å². The van der Waals surface area contributed by atoms with E-state index in [1.807, 2.05) is 0 Å². The molecule has 0 aliphatic carbocycles. The molecule has 0 unspecified atom stereocenters. The number of hydrogen-bond donors (Lipinski definition) is 3. The minimum absolute atomic E-state index is 0.130. The molecule has 0 aliphatic rings. The first-order valence-corrected chi connectivity index (χ1v) is 8.61. The van der Waals surface area contributed by atoms with Gasteiger partial charge in [0, 0.05) is 11.8 Å². The first kappa shape index (κ1) is 15.5. The van der Waals surface area contributed by atoms with Gasteiger partial charge >= 0.3 is 0 Å². The maximum Gasteiger partial charge on any atom is 0.253 e. The molecule has 0 saturated heterocycles. The van der Waals surface area contributed by atoms with Crippen molar-refractivity contribution < 1.29 is 8.42 Å². The standard InChI is InChI=1S/C12H14N4O3S2/c1-13-21(18,19)9-5-3-4-8(6-9)14-10-7-11(17)16-12(15-10)20-2/h3-7,13H,1-2H3,(H2,14,15,16,17). The van der Waals surface area contributed by atoms with E-state index in [-0.39, 0.29) is 10.5 Å². The first-order chi connectivity index (χ1) is 9.94. The monoisotopic (exact) mass is 326 g/mol. The number of H-pyrrole nitrogens is 1. The molecule has 2 aromatic rings. The zero-order valence-corrected chi connectivity index (χ0v) is 13.0. The lowest BCUT2D eigenvalue weighted by molar-refractivity contribution is 0.588. The number of rotatable bonds is 5.